The van der Waals surface area contributed by atoms with Crippen LogP contribution in [-0.4, -0.2) is 40.5 Å². The van der Waals surface area contributed by atoms with Crippen molar-refractivity contribution in [3.63, 3.8) is 0 Å². The molecule has 0 saturated carbocycles. The Hall–Kier alpha value is -1.67. The van der Waals surface area contributed by atoms with E-state index < -0.39 is 0 Å². The first-order valence-corrected chi connectivity index (χ1v) is 6.95. The van der Waals surface area contributed by atoms with Crippen molar-refractivity contribution in [1.82, 2.24) is 14.9 Å². The van der Waals surface area contributed by atoms with E-state index in [2.05, 4.69) is 27.2 Å². The lowest BCUT2D eigenvalue weighted by molar-refractivity contribution is 0.139. The van der Waals surface area contributed by atoms with Crippen molar-refractivity contribution in [2.45, 2.75) is 37.8 Å². The SMILES string of the molecule is CN1C2CCC1CC(CNc1nccc(C#N)n1)C2. The minimum atomic E-state index is 0.418. The van der Waals surface area contributed by atoms with Gasteiger partial charge in [-0.2, -0.15) is 5.26 Å². The van der Waals surface area contributed by atoms with Gasteiger partial charge in [-0.15, -0.1) is 0 Å². The zero-order valence-electron chi connectivity index (χ0n) is 11.2. The van der Waals surface area contributed by atoms with E-state index in [0.717, 1.165) is 18.6 Å². The van der Waals surface area contributed by atoms with Gasteiger partial charge in [0.1, 0.15) is 11.8 Å². The number of nitriles is 1. The van der Waals surface area contributed by atoms with Crippen molar-refractivity contribution >= 4 is 5.95 Å². The molecule has 1 aromatic heterocycles. The fraction of sp³-hybridized carbons (Fsp3) is 0.643. The molecule has 1 aromatic rings. The first-order chi connectivity index (χ1) is 9.26. The number of fused-ring (bicyclic) bond motifs is 2. The molecule has 0 amide bonds. The van der Waals surface area contributed by atoms with Gasteiger partial charge in [-0.05, 0) is 44.7 Å². The Balaban J connectivity index is 1.57. The number of anilines is 1. The predicted molar refractivity (Wildman–Crippen MR) is 72.5 cm³/mol. The fourth-order valence-corrected chi connectivity index (χ4v) is 3.43. The van der Waals surface area contributed by atoms with Crippen LogP contribution in [0.5, 0.6) is 0 Å². The van der Waals surface area contributed by atoms with Crippen molar-refractivity contribution in [1.29, 1.82) is 5.26 Å². The van der Waals surface area contributed by atoms with Crippen LogP contribution < -0.4 is 5.32 Å². The van der Waals surface area contributed by atoms with Crippen molar-refractivity contribution in [2.24, 2.45) is 5.92 Å². The molecule has 0 aliphatic carbocycles. The Kier molecular flexibility index (Phi) is 3.34. The molecule has 2 fully saturated rings. The Bertz CT molecular complexity index is 481. The second-order valence-electron chi connectivity index (χ2n) is 5.65. The standard InChI is InChI=1S/C14H19N5/c1-19-12-2-3-13(19)7-10(6-12)9-17-14-16-5-4-11(8-15)18-14/h4-5,10,12-13H,2-3,6-7,9H2,1H3,(H,16,17,18). The normalized spacial score (nSPS) is 30.0. The summed E-state index contributed by atoms with van der Waals surface area (Å²) in [6.45, 7) is 0.912. The molecule has 2 aliphatic rings. The molecule has 3 heterocycles. The van der Waals surface area contributed by atoms with Gasteiger partial charge in [-0.25, -0.2) is 9.97 Å². The van der Waals surface area contributed by atoms with Crippen LogP contribution in [0.4, 0.5) is 5.95 Å². The van der Waals surface area contributed by atoms with E-state index >= 15 is 0 Å². The van der Waals surface area contributed by atoms with Gasteiger partial charge >= 0.3 is 0 Å². The Morgan fingerprint density at radius 2 is 2.16 bits per heavy atom. The number of nitrogens with zero attached hydrogens (tertiary/aromatic N) is 4. The summed E-state index contributed by atoms with van der Waals surface area (Å²) < 4.78 is 0. The number of aromatic nitrogens is 2. The minimum Gasteiger partial charge on any atom is -0.354 e. The summed E-state index contributed by atoms with van der Waals surface area (Å²) in [5.41, 5.74) is 0.418. The van der Waals surface area contributed by atoms with Gasteiger partial charge in [0, 0.05) is 24.8 Å². The maximum absolute atomic E-state index is 8.81. The lowest BCUT2D eigenvalue weighted by Gasteiger charge is -2.36. The van der Waals surface area contributed by atoms with Crippen LogP contribution in [0.15, 0.2) is 12.3 Å². The number of nitrogens with one attached hydrogen (secondary N) is 1. The van der Waals surface area contributed by atoms with E-state index in [4.69, 9.17) is 5.26 Å². The van der Waals surface area contributed by atoms with E-state index in [9.17, 15) is 0 Å². The number of hydrogen-bond acceptors (Lipinski definition) is 5. The minimum absolute atomic E-state index is 0.418. The third-order valence-corrected chi connectivity index (χ3v) is 4.51. The Labute approximate surface area is 113 Å². The highest BCUT2D eigenvalue weighted by atomic mass is 15.2. The van der Waals surface area contributed by atoms with E-state index in [-0.39, 0.29) is 0 Å². The zero-order chi connectivity index (χ0) is 13.2. The highest BCUT2D eigenvalue weighted by Gasteiger charge is 2.38. The monoisotopic (exact) mass is 257 g/mol. The Morgan fingerprint density at radius 3 is 2.84 bits per heavy atom. The molecule has 2 atom stereocenters. The summed E-state index contributed by atoms with van der Waals surface area (Å²) in [4.78, 5) is 10.9. The maximum Gasteiger partial charge on any atom is 0.223 e. The van der Waals surface area contributed by atoms with Crippen molar-refractivity contribution in [3.05, 3.63) is 18.0 Å². The second kappa shape index (κ2) is 5.14. The van der Waals surface area contributed by atoms with E-state index in [0.29, 0.717) is 17.6 Å². The predicted octanol–water partition coefficient (Wildman–Crippen LogP) is 1.63. The summed E-state index contributed by atoms with van der Waals surface area (Å²) in [6.07, 6.45) is 6.85. The summed E-state index contributed by atoms with van der Waals surface area (Å²) in [5.74, 6) is 1.27. The molecule has 0 radical (unpaired) electrons. The number of hydrogen-bond donors (Lipinski definition) is 1. The second-order valence-corrected chi connectivity index (χ2v) is 5.65. The molecule has 100 valence electrons. The van der Waals surface area contributed by atoms with Gasteiger partial charge in [0.05, 0.1) is 0 Å². The molecular weight excluding hydrogens is 238 g/mol. The zero-order valence-corrected chi connectivity index (χ0v) is 11.2. The highest BCUT2D eigenvalue weighted by Crippen LogP contribution is 2.37. The molecule has 5 nitrogen and oxygen atoms in total. The largest absolute Gasteiger partial charge is 0.354 e. The maximum atomic E-state index is 8.81. The fourth-order valence-electron chi connectivity index (χ4n) is 3.43. The third kappa shape index (κ3) is 2.54. The molecule has 2 unspecified atom stereocenters. The quantitative estimate of drug-likeness (QED) is 0.891. The van der Waals surface area contributed by atoms with Crippen LogP contribution in [-0.2, 0) is 0 Å². The van der Waals surface area contributed by atoms with Gasteiger partial charge in [-0.3, -0.25) is 0 Å². The molecule has 2 bridgehead atoms. The smallest absolute Gasteiger partial charge is 0.223 e. The molecular formula is C14H19N5. The van der Waals surface area contributed by atoms with Gasteiger partial charge in [0.15, 0.2) is 0 Å². The van der Waals surface area contributed by atoms with E-state index in [1.165, 1.54) is 25.7 Å². The van der Waals surface area contributed by atoms with Crippen molar-refractivity contribution in [3.8, 4) is 6.07 Å². The van der Waals surface area contributed by atoms with Gasteiger partial charge in [-0.1, -0.05) is 0 Å². The average Bonchev–Trinajstić information content (AvgIpc) is 2.68. The molecule has 5 heteroatoms. The highest BCUT2D eigenvalue weighted by molar-refractivity contribution is 5.30. The van der Waals surface area contributed by atoms with Gasteiger partial charge < -0.3 is 10.2 Å². The molecule has 3 rings (SSSR count). The van der Waals surface area contributed by atoms with Gasteiger partial charge in [0.25, 0.3) is 0 Å². The van der Waals surface area contributed by atoms with Crippen LogP contribution >= 0.6 is 0 Å². The van der Waals surface area contributed by atoms with E-state index in [1.807, 2.05) is 6.07 Å². The summed E-state index contributed by atoms with van der Waals surface area (Å²) >= 11 is 0. The summed E-state index contributed by atoms with van der Waals surface area (Å²) in [5, 5.41) is 12.1. The number of rotatable bonds is 3. The first-order valence-electron chi connectivity index (χ1n) is 6.95. The van der Waals surface area contributed by atoms with Gasteiger partial charge in [0.2, 0.25) is 5.95 Å². The lowest BCUT2D eigenvalue weighted by Crippen LogP contribution is -2.41. The van der Waals surface area contributed by atoms with Crippen LogP contribution in [0.25, 0.3) is 0 Å². The molecule has 2 saturated heterocycles. The molecule has 2 aliphatic heterocycles. The van der Waals surface area contributed by atoms with Crippen molar-refractivity contribution in [2.75, 3.05) is 18.9 Å². The molecule has 1 N–H and O–H groups in total. The van der Waals surface area contributed by atoms with Crippen LogP contribution in [0, 0.1) is 17.2 Å². The van der Waals surface area contributed by atoms with E-state index in [1.54, 1.807) is 12.3 Å². The van der Waals surface area contributed by atoms with Crippen molar-refractivity contribution < 1.29 is 0 Å². The topological polar surface area (TPSA) is 64.8 Å². The Morgan fingerprint density at radius 1 is 1.42 bits per heavy atom. The molecule has 19 heavy (non-hydrogen) atoms. The number of piperidine rings is 1. The molecule has 0 spiro atoms. The van der Waals surface area contributed by atoms with Crippen LogP contribution in [0.1, 0.15) is 31.4 Å². The molecule has 0 aromatic carbocycles. The third-order valence-electron chi connectivity index (χ3n) is 4.51. The summed E-state index contributed by atoms with van der Waals surface area (Å²) in [6, 6.07) is 5.19. The average molecular weight is 257 g/mol. The summed E-state index contributed by atoms with van der Waals surface area (Å²) in [7, 11) is 2.26. The van der Waals surface area contributed by atoms with Crippen LogP contribution in [0.3, 0.4) is 0 Å². The lowest BCUT2D eigenvalue weighted by atomic mass is 9.91. The van der Waals surface area contributed by atoms with Crippen LogP contribution in [0.2, 0.25) is 0 Å². The first kappa shape index (κ1) is 12.4.